The van der Waals surface area contributed by atoms with Crippen LogP contribution in [0.25, 0.3) is 0 Å². The van der Waals surface area contributed by atoms with Crippen LogP contribution in [0.5, 0.6) is 0 Å². The molecule has 0 aliphatic rings. The lowest BCUT2D eigenvalue weighted by molar-refractivity contribution is -0.893. The van der Waals surface area contributed by atoms with Crippen molar-refractivity contribution < 1.29 is 22.3 Å². The predicted octanol–water partition coefficient (Wildman–Crippen LogP) is -2.89. The molecule has 0 aliphatic carbocycles. The van der Waals surface area contributed by atoms with Crippen LogP contribution in [-0.4, -0.2) is 5.21 Å². The molecule has 0 amide bonds. The Kier molecular flexibility index (Phi) is 2.96. The van der Waals surface area contributed by atoms with Crippen molar-refractivity contribution in [1.29, 1.82) is 0 Å². The number of anilines is 1. The average Bonchev–Trinajstić information content (AvgIpc) is 1.80. The van der Waals surface area contributed by atoms with Gasteiger partial charge in [0.15, 0.2) is 0 Å². The van der Waals surface area contributed by atoms with Crippen molar-refractivity contribution in [3.05, 3.63) is 23.9 Å². The molecule has 0 saturated heterocycles. The fourth-order valence-corrected chi connectivity index (χ4v) is 0.604. The smallest absolute Gasteiger partial charge is 0.311 e. The topological polar surface area (TPSA) is 50.1 Å². The molecule has 1 heterocycles. The summed E-state index contributed by atoms with van der Waals surface area (Å²) < 4.78 is 0.898. The third kappa shape index (κ3) is 1.77. The summed E-state index contributed by atoms with van der Waals surface area (Å²) in [6.07, 6.45) is 1.55. The SMILES string of the molecule is Cc1ccc(N)[n+](O)c1.[Cl-]. The normalized spacial score (nSPS) is 8.50. The van der Waals surface area contributed by atoms with Crippen LogP contribution in [0.3, 0.4) is 0 Å². The number of nitrogens with two attached hydrogens (primary N) is 1. The second kappa shape index (κ2) is 3.27. The molecule has 0 unspecified atom stereocenters. The lowest BCUT2D eigenvalue weighted by Gasteiger charge is -1.91. The molecular weight excluding hydrogens is 152 g/mol. The minimum Gasteiger partial charge on any atom is -1.00 e. The summed E-state index contributed by atoms with van der Waals surface area (Å²) in [5.74, 6) is 0.348. The molecule has 0 aliphatic heterocycles. The van der Waals surface area contributed by atoms with Crippen molar-refractivity contribution in [2.24, 2.45) is 0 Å². The Balaban J connectivity index is 0.000000810. The van der Waals surface area contributed by atoms with Crippen molar-refractivity contribution in [2.75, 3.05) is 5.73 Å². The molecule has 0 fully saturated rings. The molecule has 3 N–H and O–H groups in total. The van der Waals surface area contributed by atoms with Crippen LogP contribution in [0.1, 0.15) is 5.56 Å². The lowest BCUT2D eigenvalue weighted by Crippen LogP contribution is -3.00. The molecule has 0 atom stereocenters. The summed E-state index contributed by atoms with van der Waals surface area (Å²) in [7, 11) is 0. The van der Waals surface area contributed by atoms with Crippen molar-refractivity contribution in [1.82, 2.24) is 0 Å². The Bertz CT molecular complexity index is 227. The van der Waals surface area contributed by atoms with Gasteiger partial charge in [-0.15, -0.1) is 0 Å². The van der Waals surface area contributed by atoms with Gasteiger partial charge in [0.2, 0.25) is 0 Å². The monoisotopic (exact) mass is 160 g/mol. The van der Waals surface area contributed by atoms with Gasteiger partial charge in [0, 0.05) is 6.07 Å². The van der Waals surface area contributed by atoms with Crippen LogP contribution in [0, 0.1) is 6.92 Å². The summed E-state index contributed by atoms with van der Waals surface area (Å²) in [4.78, 5) is 0. The molecule has 0 bridgehead atoms. The van der Waals surface area contributed by atoms with Gasteiger partial charge in [-0.3, -0.25) is 5.73 Å². The molecule has 1 rings (SSSR count). The van der Waals surface area contributed by atoms with Crippen molar-refractivity contribution in [3.8, 4) is 0 Å². The molecule has 0 spiro atoms. The van der Waals surface area contributed by atoms with Gasteiger partial charge in [-0.25, -0.2) is 0 Å². The molecule has 0 radical (unpaired) electrons. The summed E-state index contributed by atoms with van der Waals surface area (Å²) in [6, 6.07) is 3.48. The molecule has 56 valence electrons. The van der Waals surface area contributed by atoms with E-state index < -0.39 is 0 Å². The van der Waals surface area contributed by atoms with Crippen molar-refractivity contribution in [3.63, 3.8) is 0 Å². The Morgan fingerprint density at radius 1 is 1.50 bits per heavy atom. The highest BCUT2D eigenvalue weighted by molar-refractivity contribution is 5.21. The third-order valence-electron chi connectivity index (χ3n) is 1.11. The molecule has 1 aromatic heterocycles. The van der Waals surface area contributed by atoms with E-state index in [1.807, 2.05) is 13.0 Å². The summed E-state index contributed by atoms with van der Waals surface area (Å²) in [5, 5.41) is 8.89. The number of pyridine rings is 1. The first-order chi connectivity index (χ1) is 4.20. The number of nitrogen functional groups attached to an aromatic ring is 1. The zero-order chi connectivity index (χ0) is 6.85. The van der Waals surface area contributed by atoms with E-state index in [0.29, 0.717) is 5.82 Å². The highest BCUT2D eigenvalue weighted by Crippen LogP contribution is 1.94. The minimum absolute atomic E-state index is 0. The van der Waals surface area contributed by atoms with Gasteiger partial charge in [-0.2, -0.15) is 0 Å². The zero-order valence-electron chi connectivity index (χ0n) is 5.58. The van der Waals surface area contributed by atoms with Gasteiger partial charge in [-0.1, -0.05) is 4.73 Å². The van der Waals surface area contributed by atoms with Crippen molar-refractivity contribution >= 4 is 5.82 Å². The number of nitrogens with zero attached hydrogens (tertiary/aromatic N) is 1. The van der Waals surface area contributed by atoms with Gasteiger partial charge >= 0.3 is 5.82 Å². The molecule has 0 saturated carbocycles. The number of aromatic nitrogens is 1. The van der Waals surface area contributed by atoms with Crippen LogP contribution in [0.4, 0.5) is 5.82 Å². The largest absolute Gasteiger partial charge is 1.00 e. The molecule has 1 aromatic rings. The Morgan fingerprint density at radius 2 is 2.10 bits per heavy atom. The van der Waals surface area contributed by atoms with Crippen LogP contribution in [0.2, 0.25) is 0 Å². The number of halogens is 1. The predicted molar refractivity (Wildman–Crippen MR) is 33.0 cm³/mol. The van der Waals surface area contributed by atoms with Gasteiger partial charge < -0.3 is 17.6 Å². The third-order valence-corrected chi connectivity index (χ3v) is 1.11. The van der Waals surface area contributed by atoms with Gasteiger partial charge in [0.25, 0.3) is 0 Å². The van der Waals surface area contributed by atoms with E-state index in [-0.39, 0.29) is 12.4 Å². The fourth-order valence-electron chi connectivity index (χ4n) is 0.604. The van der Waals surface area contributed by atoms with E-state index in [1.165, 1.54) is 0 Å². The highest BCUT2D eigenvalue weighted by atomic mass is 35.5. The Labute approximate surface area is 65.5 Å². The molecule has 0 aromatic carbocycles. The maximum atomic E-state index is 8.89. The van der Waals surface area contributed by atoms with Gasteiger partial charge in [0.05, 0.1) is 0 Å². The summed E-state index contributed by atoms with van der Waals surface area (Å²) in [5.41, 5.74) is 6.28. The standard InChI is InChI=1S/C6H8N2O.ClH/c1-5-2-3-6(7)8(9)4-5;/h2-4,7,9H,1H3;1H. The molecule has 4 heteroatoms. The van der Waals surface area contributed by atoms with Gasteiger partial charge in [0.1, 0.15) is 6.20 Å². The highest BCUT2D eigenvalue weighted by Gasteiger charge is 1.98. The number of hydrogen-bond donors (Lipinski definition) is 2. The number of rotatable bonds is 0. The quantitative estimate of drug-likeness (QED) is 0.316. The number of hydrogen-bond acceptors (Lipinski definition) is 2. The first-order valence-corrected chi connectivity index (χ1v) is 2.67. The van der Waals surface area contributed by atoms with E-state index >= 15 is 0 Å². The Hall–Kier alpha value is -0.960. The lowest BCUT2D eigenvalue weighted by atomic mass is 10.3. The van der Waals surface area contributed by atoms with E-state index in [4.69, 9.17) is 10.9 Å². The van der Waals surface area contributed by atoms with Crippen LogP contribution in [-0.2, 0) is 0 Å². The van der Waals surface area contributed by atoms with Crippen LogP contribution < -0.4 is 22.9 Å². The van der Waals surface area contributed by atoms with Gasteiger partial charge in [-0.05, 0) is 18.6 Å². The second-order valence-corrected chi connectivity index (χ2v) is 1.98. The second-order valence-electron chi connectivity index (χ2n) is 1.98. The first-order valence-electron chi connectivity index (χ1n) is 2.67. The Morgan fingerprint density at radius 3 is 2.50 bits per heavy atom. The average molecular weight is 161 g/mol. The first kappa shape index (κ1) is 9.04. The van der Waals surface area contributed by atoms with E-state index in [1.54, 1.807) is 12.3 Å². The summed E-state index contributed by atoms with van der Waals surface area (Å²) in [6.45, 7) is 1.88. The minimum atomic E-state index is 0. The van der Waals surface area contributed by atoms with Crippen LogP contribution >= 0.6 is 0 Å². The van der Waals surface area contributed by atoms with Crippen LogP contribution in [0.15, 0.2) is 18.3 Å². The summed E-state index contributed by atoms with van der Waals surface area (Å²) >= 11 is 0. The maximum absolute atomic E-state index is 8.89. The van der Waals surface area contributed by atoms with E-state index in [9.17, 15) is 0 Å². The number of aryl methyl sites for hydroxylation is 1. The van der Waals surface area contributed by atoms with E-state index in [0.717, 1.165) is 10.3 Å². The zero-order valence-corrected chi connectivity index (χ0v) is 6.34. The molecular formula is C6H9ClN2O. The molecule has 10 heavy (non-hydrogen) atoms. The fraction of sp³-hybridized carbons (Fsp3) is 0.167. The molecule has 3 nitrogen and oxygen atoms in total. The van der Waals surface area contributed by atoms with E-state index in [2.05, 4.69) is 0 Å². The maximum Gasteiger partial charge on any atom is 0.311 e. The van der Waals surface area contributed by atoms with Crippen molar-refractivity contribution in [2.45, 2.75) is 6.92 Å².